The van der Waals surface area contributed by atoms with Crippen molar-refractivity contribution in [2.75, 3.05) is 31.4 Å². The molecule has 0 aliphatic rings. The normalized spacial score (nSPS) is 10.8. The van der Waals surface area contributed by atoms with Gasteiger partial charge in [0, 0.05) is 25.2 Å². The number of benzene rings is 1. The third kappa shape index (κ3) is 3.19. The Bertz CT molecular complexity index is 699. The van der Waals surface area contributed by atoms with Crippen molar-refractivity contribution < 1.29 is 9.53 Å². The molecule has 22 heavy (non-hydrogen) atoms. The Morgan fingerprint density at radius 1 is 1.32 bits per heavy atom. The van der Waals surface area contributed by atoms with Crippen LogP contribution in [0.4, 0.5) is 5.69 Å². The number of fused-ring (bicyclic) bond motifs is 1. The van der Waals surface area contributed by atoms with Crippen molar-refractivity contribution in [1.82, 2.24) is 4.98 Å². The maximum Gasteiger partial charge on any atom is 0.341 e. The summed E-state index contributed by atoms with van der Waals surface area (Å²) in [6.07, 6.45) is 0. The van der Waals surface area contributed by atoms with Gasteiger partial charge in [0.25, 0.3) is 0 Å². The van der Waals surface area contributed by atoms with Gasteiger partial charge >= 0.3 is 5.97 Å². The fourth-order valence-electron chi connectivity index (χ4n) is 2.35. The number of thioether (sulfide) groups is 1. The molecule has 0 fully saturated rings. The number of pyridine rings is 1. The van der Waals surface area contributed by atoms with E-state index >= 15 is 0 Å². The SMILES string of the molecule is CCOC(=O)c1c(SCC)nc2cc(N(C)C)ccc2c1C. The van der Waals surface area contributed by atoms with Crippen molar-refractivity contribution >= 4 is 34.3 Å². The Hall–Kier alpha value is -1.75. The molecule has 0 saturated carbocycles. The molecule has 4 nitrogen and oxygen atoms in total. The lowest BCUT2D eigenvalue weighted by atomic mass is 10.0. The summed E-state index contributed by atoms with van der Waals surface area (Å²) in [5.74, 6) is 0.569. The van der Waals surface area contributed by atoms with Crippen LogP contribution in [0, 0.1) is 6.92 Å². The van der Waals surface area contributed by atoms with Crippen LogP contribution < -0.4 is 4.90 Å². The molecule has 0 saturated heterocycles. The van der Waals surface area contributed by atoms with E-state index in [1.165, 1.54) is 0 Å². The first kappa shape index (κ1) is 16.6. The highest BCUT2D eigenvalue weighted by molar-refractivity contribution is 7.99. The van der Waals surface area contributed by atoms with E-state index < -0.39 is 0 Å². The Morgan fingerprint density at radius 2 is 2.05 bits per heavy atom. The lowest BCUT2D eigenvalue weighted by Gasteiger charge is -2.16. The summed E-state index contributed by atoms with van der Waals surface area (Å²) in [6.45, 7) is 6.20. The number of anilines is 1. The van der Waals surface area contributed by atoms with Crippen molar-refractivity contribution in [1.29, 1.82) is 0 Å². The predicted molar refractivity (Wildman–Crippen MR) is 93.2 cm³/mol. The molecule has 0 aliphatic heterocycles. The quantitative estimate of drug-likeness (QED) is 0.618. The van der Waals surface area contributed by atoms with Crippen LogP contribution in [0.25, 0.3) is 10.9 Å². The second kappa shape index (κ2) is 7.01. The smallest absolute Gasteiger partial charge is 0.341 e. The molecule has 1 aromatic heterocycles. The number of esters is 1. The third-order valence-electron chi connectivity index (χ3n) is 3.47. The number of hydrogen-bond donors (Lipinski definition) is 0. The third-order valence-corrected chi connectivity index (χ3v) is 4.33. The van der Waals surface area contributed by atoms with Crippen LogP contribution >= 0.6 is 11.8 Å². The van der Waals surface area contributed by atoms with Gasteiger partial charge in [-0.25, -0.2) is 9.78 Å². The van der Waals surface area contributed by atoms with E-state index in [1.807, 2.05) is 45.0 Å². The van der Waals surface area contributed by atoms with Crippen molar-refractivity contribution in [2.45, 2.75) is 25.8 Å². The summed E-state index contributed by atoms with van der Waals surface area (Å²) in [5.41, 5.74) is 3.53. The lowest BCUT2D eigenvalue weighted by molar-refractivity contribution is 0.0521. The highest BCUT2D eigenvalue weighted by Crippen LogP contribution is 2.31. The minimum absolute atomic E-state index is 0.290. The molecule has 0 spiro atoms. The lowest BCUT2D eigenvalue weighted by Crippen LogP contribution is -2.11. The first-order valence-electron chi connectivity index (χ1n) is 7.41. The van der Waals surface area contributed by atoms with Gasteiger partial charge in [-0.05, 0) is 37.3 Å². The van der Waals surface area contributed by atoms with Gasteiger partial charge in [-0.3, -0.25) is 0 Å². The van der Waals surface area contributed by atoms with Gasteiger partial charge in [-0.1, -0.05) is 13.0 Å². The van der Waals surface area contributed by atoms with Crippen LogP contribution in [0.15, 0.2) is 23.2 Å². The maximum atomic E-state index is 12.3. The van der Waals surface area contributed by atoms with Gasteiger partial charge in [0.15, 0.2) is 0 Å². The number of aryl methyl sites for hydroxylation is 1. The fraction of sp³-hybridized carbons (Fsp3) is 0.412. The monoisotopic (exact) mass is 318 g/mol. The second-order valence-electron chi connectivity index (χ2n) is 5.17. The molecule has 0 atom stereocenters. The van der Waals surface area contributed by atoms with E-state index in [2.05, 4.69) is 13.0 Å². The van der Waals surface area contributed by atoms with Crippen LogP contribution in [0.5, 0.6) is 0 Å². The Morgan fingerprint density at radius 3 is 2.64 bits per heavy atom. The average molecular weight is 318 g/mol. The molecule has 1 aromatic carbocycles. The highest BCUT2D eigenvalue weighted by atomic mass is 32.2. The van der Waals surface area contributed by atoms with Crippen molar-refractivity contribution in [3.05, 3.63) is 29.3 Å². The van der Waals surface area contributed by atoms with E-state index in [9.17, 15) is 4.79 Å². The van der Waals surface area contributed by atoms with Gasteiger partial charge in [-0.15, -0.1) is 11.8 Å². The number of aromatic nitrogens is 1. The highest BCUT2D eigenvalue weighted by Gasteiger charge is 2.20. The molecule has 2 rings (SSSR count). The number of rotatable bonds is 5. The van der Waals surface area contributed by atoms with Crippen molar-refractivity contribution in [2.24, 2.45) is 0 Å². The standard InChI is InChI=1S/C17H22N2O2S/c1-6-21-17(20)15-11(3)13-9-8-12(19(4)5)10-14(13)18-16(15)22-7-2/h8-10H,6-7H2,1-5H3. The number of ether oxygens (including phenoxy) is 1. The molecule has 5 heteroatoms. The van der Waals surface area contributed by atoms with Crippen LogP contribution in [-0.4, -0.2) is 37.4 Å². The first-order chi connectivity index (χ1) is 10.5. The fourth-order valence-corrected chi connectivity index (χ4v) is 3.17. The van der Waals surface area contributed by atoms with Gasteiger partial charge in [0.05, 0.1) is 17.7 Å². The molecular formula is C17H22N2O2S. The molecule has 0 radical (unpaired) electrons. The minimum Gasteiger partial charge on any atom is -0.462 e. The van der Waals surface area contributed by atoms with E-state index in [-0.39, 0.29) is 5.97 Å². The molecule has 0 bridgehead atoms. The number of carbonyl (C=O) groups is 1. The Kier molecular flexibility index (Phi) is 5.29. The zero-order chi connectivity index (χ0) is 16.3. The van der Waals surface area contributed by atoms with E-state index in [0.717, 1.165) is 32.9 Å². The van der Waals surface area contributed by atoms with Crippen LogP contribution in [0.2, 0.25) is 0 Å². The van der Waals surface area contributed by atoms with Gasteiger partial charge in [-0.2, -0.15) is 0 Å². The van der Waals surface area contributed by atoms with Gasteiger partial charge in [0.2, 0.25) is 0 Å². The van der Waals surface area contributed by atoms with Crippen LogP contribution in [-0.2, 0) is 4.74 Å². The van der Waals surface area contributed by atoms with E-state index in [1.54, 1.807) is 11.8 Å². The van der Waals surface area contributed by atoms with E-state index in [0.29, 0.717) is 12.2 Å². The number of carbonyl (C=O) groups excluding carboxylic acids is 1. The summed E-state index contributed by atoms with van der Waals surface area (Å²) in [4.78, 5) is 19.0. The molecular weight excluding hydrogens is 296 g/mol. The summed E-state index contributed by atoms with van der Waals surface area (Å²) < 4.78 is 5.21. The van der Waals surface area contributed by atoms with E-state index in [4.69, 9.17) is 9.72 Å². The summed E-state index contributed by atoms with van der Waals surface area (Å²) >= 11 is 1.57. The zero-order valence-corrected chi connectivity index (χ0v) is 14.6. The molecule has 0 amide bonds. The molecule has 0 unspecified atom stereocenters. The summed E-state index contributed by atoms with van der Waals surface area (Å²) in [6, 6.07) is 6.12. The molecule has 1 heterocycles. The largest absolute Gasteiger partial charge is 0.462 e. The molecule has 0 aliphatic carbocycles. The molecule has 118 valence electrons. The topological polar surface area (TPSA) is 42.4 Å². The minimum atomic E-state index is -0.290. The maximum absolute atomic E-state index is 12.3. The first-order valence-corrected chi connectivity index (χ1v) is 8.39. The van der Waals surface area contributed by atoms with Crippen molar-refractivity contribution in [3.8, 4) is 0 Å². The zero-order valence-electron chi connectivity index (χ0n) is 13.8. The number of nitrogens with zero attached hydrogens (tertiary/aromatic N) is 2. The molecule has 0 N–H and O–H groups in total. The molecule has 2 aromatic rings. The van der Waals surface area contributed by atoms with Gasteiger partial charge in [0.1, 0.15) is 5.03 Å². The van der Waals surface area contributed by atoms with Crippen LogP contribution in [0.3, 0.4) is 0 Å². The Labute approximate surface area is 135 Å². The summed E-state index contributed by atoms with van der Waals surface area (Å²) in [7, 11) is 4.01. The van der Waals surface area contributed by atoms with Gasteiger partial charge < -0.3 is 9.64 Å². The average Bonchev–Trinajstić information content (AvgIpc) is 2.47. The predicted octanol–water partition coefficient (Wildman–Crippen LogP) is 3.90. The van der Waals surface area contributed by atoms with Crippen LogP contribution in [0.1, 0.15) is 29.8 Å². The second-order valence-corrected chi connectivity index (χ2v) is 6.42. The number of hydrogen-bond acceptors (Lipinski definition) is 5. The summed E-state index contributed by atoms with van der Waals surface area (Å²) in [5, 5.41) is 1.75. The Balaban J connectivity index is 2.68. The van der Waals surface area contributed by atoms with Crippen molar-refractivity contribution in [3.63, 3.8) is 0 Å².